The van der Waals surface area contributed by atoms with E-state index >= 15 is 0 Å². The summed E-state index contributed by atoms with van der Waals surface area (Å²) in [6, 6.07) is 3.87. The molecule has 3 heterocycles. The lowest BCUT2D eigenvalue weighted by Gasteiger charge is -2.18. The number of pyridine rings is 1. The first-order valence-electron chi connectivity index (χ1n) is 5.55. The summed E-state index contributed by atoms with van der Waals surface area (Å²) in [7, 11) is 0. The Hall–Kier alpha value is -0.670. The largest absolute Gasteiger partial charge is 0.305 e. The van der Waals surface area contributed by atoms with Crippen molar-refractivity contribution in [1.29, 1.82) is 0 Å². The van der Waals surface area contributed by atoms with Crippen LogP contribution in [0.2, 0.25) is 5.02 Å². The molecule has 1 aliphatic heterocycles. The summed E-state index contributed by atoms with van der Waals surface area (Å²) < 4.78 is 2.02. The van der Waals surface area contributed by atoms with Gasteiger partial charge in [0.15, 0.2) is 0 Å². The Morgan fingerprint density at radius 1 is 1.38 bits per heavy atom. The molecule has 0 N–H and O–H groups in total. The number of thioether (sulfide) groups is 1. The first-order valence-corrected chi connectivity index (χ1v) is 7.08. The number of nitrogens with zero attached hydrogens (tertiary/aromatic N) is 2. The molecule has 0 radical (unpaired) electrons. The van der Waals surface area contributed by atoms with Gasteiger partial charge in [-0.2, -0.15) is 11.8 Å². The summed E-state index contributed by atoms with van der Waals surface area (Å²) >= 11 is 8.00. The van der Waals surface area contributed by atoms with E-state index in [2.05, 4.69) is 11.2 Å². The molecule has 2 aromatic rings. The number of hydrogen-bond donors (Lipinski definition) is 0. The summed E-state index contributed by atoms with van der Waals surface area (Å²) in [5.41, 5.74) is 2.21. The van der Waals surface area contributed by atoms with E-state index < -0.39 is 0 Å². The van der Waals surface area contributed by atoms with Crippen molar-refractivity contribution in [2.24, 2.45) is 0 Å². The number of hydrogen-bond acceptors (Lipinski definition) is 2. The number of aromatic nitrogens is 2. The molecule has 3 rings (SSSR count). The SMILES string of the molecule is Clc1ccc2nc(C3CCCSC3)cn2c1. The maximum atomic E-state index is 5.96. The summed E-state index contributed by atoms with van der Waals surface area (Å²) in [4.78, 5) is 4.67. The molecule has 2 nitrogen and oxygen atoms in total. The zero-order chi connectivity index (χ0) is 11.0. The van der Waals surface area contributed by atoms with E-state index in [4.69, 9.17) is 11.6 Å². The van der Waals surface area contributed by atoms with E-state index in [-0.39, 0.29) is 0 Å². The van der Waals surface area contributed by atoms with Gasteiger partial charge in [0.05, 0.1) is 10.7 Å². The minimum atomic E-state index is 0.623. The van der Waals surface area contributed by atoms with Crippen LogP contribution in [0.4, 0.5) is 0 Å². The van der Waals surface area contributed by atoms with Crippen LogP contribution in [0.25, 0.3) is 5.65 Å². The topological polar surface area (TPSA) is 17.3 Å². The lowest BCUT2D eigenvalue weighted by atomic mass is 10.0. The third-order valence-corrected chi connectivity index (χ3v) is 4.45. The fourth-order valence-corrected chi connectivity index (χ4v) is 3.48. The number of halogens is 1. The van der Waals surface area contributed by atoms with E-state index in [1.807, 2.05) is 34.5 Å². The minimum Gasteiger partial charge on any atom is -0.305 e. The third kappa shape index (κ3) is 1.94. The molecule has 1 atom stereocenters. The van der Waals surface area contributed by atoms with Crippen molar-refractivity contribution < 1.29 is 0 Å². The van der Waals surface area contributed by atoms with Crippen molar-refractivity contribution in [2.75, 3.05) is 11.5 Å². The van der Waals surface area contributed by atoms with Crippen molar-refractivity contribution in [1.82, 2.24) is 9.38 Å². The fourth-order valence-electron chi connectivity index (χ4n) is 2.15. The molecule has 0 amide bonds. The maximum absolute atomic E-state index is 5.96. The molecule has 0 aromatic carbocycles. The molecule has 4 heteroatoms. The molecular formula is C12H13ClN2S. The average molecular weight is 253 g/mol. The Morgan fingerprint density at radius 2 is 2.31 bits per heavy atom. The van der Waals surface area contributed by atoms with Gasteiger partial charge in [-0.3, -0.25) is 0 Å². The van der Waals surface area contributed by atoms with Crippen LogP contribution in [-0.2, 0) is 0 Å². The van der Waals surface area contributed by atoms with Crippen molar-refractivity contribution >= 4 is 29.0 Å². The van der Waals surface area contributed by atoms with E-state index in [0.29, 0.717) is 5.92 Å². The van der Waals surface area contributed by atoms with Gasteiger partial charge in [-0.05, 0) is 30.7 Å². The Labute approximate surface area is 104 Å². The van der Waals surface area contributed by atoms with Gasteiger partial charge in [0.2, 0.25) is 0 Å². The van der Waals surface area contributed by atoms with Crippen molar-refractivity contribution in [2.45, 2.75) is 18.8 Å². The normalized spacial score (nSPS) is 21.4. The zero-order valence-electron chi connectivity index (χ0n) is 8.90. The highest BCUT2D eigenvalue weighted by atomic mass is 35.5. The smallest absolute Gasteiger partial charge is 0.137 e. The van der Waals surface area contributed by atoms with Gasteiger partial charge in [0, 0.05) is 24.1 Å². The predicted octanol–water partition coefficient (Wildman–Crippen LogP) is 3.60. The molecule has 1 unspecified atom stereocenters. The molecule has 0 saturated carbocycles. The lowest BCUT2D eigenvalue weighted by Crippen LogP contribution is -2.08. The number of rotatable bonds is 1. The van der Waals surface area contributed by atoms with E-state index in [0.717, 1.165) is 10.7 Å². The van der Waals surface area contributed by atoms with Crippen LogP contribution >= 0.6 is 23.4 Å². The molecule has 0 bridgehead atoms. The summed E-state index contributed by atoms with van der Waals surface area (Å²) in [6.07, 6.45) is 6.62. The summed E-state index contributed by atoms with van der Waals surface area (Å²) in [5.74, 6) is 3.13. The third-order valence-electron chi connectivity index (χ3n) is 3.01. The molecule has 1 saturated heterocycles. The van der Waals surface area contributed by atoms with Crippen LogP contribution in [0, 0.1) is 0 Å². The van der Waals surface area contributed by atoms with Crippen molar-refractivity contribution in [3.8, 4) is 0 Å². The Kier molecular flexibility index (Phi) is 2.82. The van der Waals surface area contributed by atoms with E-state index in [1.165, 1.54) is 30.0 Å². The molecule has 0 aliphatic carbocycles. The van der Waals surface area contributed by atoms with Gasteiger partial charge in [0.1, 0.15) is 5.65 Å². The lowest BCUT2D eigenvalue weighted by molar-refractivity contribution is 0.647. The van der Waals surface area contributed by atoms with Crippen molar-refractivity contribution in [3.63, 3.8) is 0 Å². The highest BCUT2D eigenvalue weighted by Gasteiger charge is 2.18. The zero-order valence-corrected chi connectivity index (χ0v) is 10.5. The van der Waals surface area contributed by atoms with Gasteiger partial charge in [-0.25, -0.2) is 4.98 Å². The second-order valence-electron chi connectivity index (χ2n) is 4.19. The second kappa shape index (κ2) is 4.30. The molecule has 84 valence electrons. The predicted molar refractivity (Wildman–Crippen MR) is 69.5 cm³/mol. The number of imidazole rings is 1. The Morgan fingerprint density at radius 3 is 3.12 bits per heavy atom. The minimum absolute atomic E-state index is 0.623. The Bertz CT molecular complexity index is 503. The van der Waals surface area contributed by atoms with E-state index in [9.17, 15) is 0 Å². The Balaban J connectivity index is 1.97. The average Bonchev–Trinajstić information content (AvgIpc) is 2.73. The molecule has 16 heavy (non-hydrogen) atoms. The molecule has 2 aromatic heterocycles. The van der Waals surface area contributed by atoms with Gasteiger partial charge >= 0.3 is 0 Å². The van der Waals surface area contributed by atoms with Crippen LogP contribution < -0.4 is 0 Å². The van der Waals surface area contributed by atoms with E-state index in [1.54, 1.807) is 0 Å². The first-order chi connectivity index (χ1) is 7.83. The van der Waals surface area contributed by atoms with Crippen LogP contribution in [-0.4, -0.2) is 20.9 Å². The fraction of sp³-hybridized carbons (Fsp3) is 0.417. The van der Waals surface area contributed by atoms with Crippen LogP contribution in [0.1, 0.15) is 24.5 Å². The van der Waals surface area contributed by atoms with Gasteiger partial charge in [0.25, 0.3) is 0 Å². The summed E-state index contributed by atoms with van der Waals surface area (Å²) in [6.45, 7) is 0. The van der Waals surface area contributed by atoms with Crippen molar-refractivity contribution in [3.05, 3.63) is 35.2 Å². The monoisotopic (exact) mass is 252 g/mol. The van der Waals surface area contributed by atoms with Crippen LogP contribution in [0.5, 0.6) is 0 Å². The van der Waals surface area contributed by atoms with Gasteiger partial charge in [-0.15, -0.1) is 0 Å². The van der Waals surface area contributed by atoms with Gasteiger partial charge < -0.3 is 4.40 Å². The molecular weight excluding hydrogens is 240 g/mol. The van der Waals surface area contributed by atoms with Crippen LogP contribution in [0.15, 0.2) is 24.5 Å². The first kappa shape index (κ1) is 10.5. The van der Waals surface area contributed by atoms with Gasteiger partial charge in [-0.1, -0.05) is 11.6 Å². The standard InChI is InChI=1S/C12H13ClN2S/c13-10-3-4-12-14-11(7-15(12)6-10)9-2-1-5-16-8-9/h3-4,6-7,9H,1-2,5,8H2. The maximum Gasteiger partial charge on any atom is 0.137 e. The second-order valence-corrected chi connectivity index (χ2v) is 5.78. The summed E-state index contributed by atoms with van der Waals surface area (Å²) in [5, 5.41) is 0.759. The number of fused-ring (bicyclic) bond motifs is 1. The molecule has 1 aliphatic rings. The molecule has 0 spiro atoms. The highest BCUT2D eigenvalue weighted by molar-refractivity contribution is 7.99. The van der Waals surface area contributed by atoms with Crippen LogP contribution in [0.3, 0.4) is 0 Å². The quantitative estimate of drug-likeness (QED) is 0.772. The highest BCUT2D eigenvalue weighted by Crippen LogP contribution is 2.30. The molecule has 1 fully saturated rings.